The minimum absolute atomic E-state index is 0.0514. The zero-order valence-corrected chi connectivity index (χ0v) is 12.9. The van der Waals surface area contributed by atoms with E-state index in [0.29, 0.717) is 19.3 Å². The maximum Gasteiger partial charge on any atom is 0.391 e. The summed E-state index contributed by atoms with van der Waals surface area (Å²) in [6, 6.07) is -0.931. The first-order valence-electron chi connectivity index (χ1n) is 7.68. The largest absolute Gasteiger partial charge is 0.480 e. The van der Waals surface area contributed by atoms with Gasteiger partial charge in [-0.05, 0) is 43.9 Å². The van der Waals surface area contributed by atoms with Gasteiger partial charge in [-0.25, -0.2) is 4.79 Å². The van der Waals surface area contributed by atoms with Crippen molar-refractivity contribution in [1.82, 2.24) is 5.32 Å². The summed E-state index contributed by atoms with van der Waals surface area (Å²) in [5.74, 6) is -2.69. The Hall–Kier alpha value is -1.27. The van der Waals surface area contributed by atoms with Crippen molar-refractivity contribution in [3.8, 4) is 0 Å². The number of carbonyl (C=O) groups excluding carboxylic acids is 1. The van der Waals surface area contributed by atoms with Gasteiger partial charge in [0, 0.05) is 6.42 Å². The van der Waals surface area contributed by atoms with Gasteiger partial charge in [0.05, 0.1) is 5.92 Å². The fourth-order valence-corrected chi connectivity index (χ4v) is 2.90. The van der Waals surface area contributed by atoms with E-state index in [1.807, 2.05) is 13.8 Å². The first kappa shape index (κ1) is 18.8. The summed E-state index contributed by atoms with van der Waals surface area (Å²) in [7, 11) is 0. The van der Waals surface area contributed by atoms with Gasteiger partial charge in [0.1, 0.15) is 6.04 Å². The van der Waals surface area contributed by atoms with Crippen LogP contribution in [0.3, 0.4) is 0 Å². The number of halogens is 3. The second-order valence-electron chi connectivity index (χ2n) is 6.55. The first-order chi connectivity index (χ1) is 10.1. The van der Waals surface area contributed by atoms with Gasteiger partial charge in [-0.1, -0.05) is 13.8 Å². The normalized spacial score (nSPS) is 24.1. The fourth-order valence-electron chi connectivity index (χ4n) is 2.90. The van der Waals surface area contributed by atoms with Crippen molar-refractivity contribution in [3.63, 3.8) is 0 Å². The first-order valence-corrected chi connectivity index (χ1v) is 7.68. The monoisotopic (exact) mass is 323 g/mol. The molecule has 0 aromatic heterocycles. The Bertz CT molecular complexity index is 388. The van der Waals surface area contributed by atoms with E-state index in [1.165, 1.54) is 0 Å². The molecule has 0 saturated heterocycles. The Labute approximate surface area is 128 Å². The van der Waals surface area contributed by atoms with Gasteiger partial charge in [-0.15, -0.1) is 0 Å². The molecule has 2 N–H and O–H groups in total. The average Bonchev–Trinajstić information content (AvgIpc) is 2.36. The van der Waals surface area contributed by atoms with Crippen LogP contribution in [0.2, 0.25) is 0 Å². The summed E-state index contributed by atoms with van der Waals surface area (Å²) in [6.45, 7) is 3.72. The fraction of sp³-hybridized carbons (Fsp3) is 0.867. The maximum atomic E-state index is 12.6. The molecule has 0 aliphatic heterocycles. The summed E-state index contributed by atoms with van der Waals surface area (Å²) in [6.07, 6.45) is -2.89. The molecule has 1 saturated carbocycles. The van der Waals surface area contributed by atoms with Crippen LogP contribution in [-0.2, 0) is 9.59 Å². The van der Waals surface area contributed by atoms with Crippen LogP contribution in [0.4, 0.5) is 13.2 Å². The summed E-state index contributed by atoms with van der Waals surface area (Å²) in [5.41, 5.74) is 0. The minimum atomic E-state index is -4.15. The molecule has 22 heavy (non-hydrogen) atoms. The van der Waals surface area contributed by atoms with Gasteiger partial charge in [0.15, 0.2) is 0 Å². The van der Waals surface area contributed by atoms with E-state index in [1.54, 1.807) is 0 Å². The lowest BCUT2D eigenvalue weighted by molar-refractivity contribution is -0.184. The van der Waals surface area contributed by atoms with Crippen molar-refractivity contribution in [2.24, 2.45) is 17.8 Å². The molecular formula is C15H24F3NO3. The van der Waals surface area contributed by atoms with E-state index < -0.39 is 24.1 Å². The van der Waals surface area contributed by atoms with E-state index >= 15 is 0 Å². The van der Waals surface area contributed by atoms with E-state index in [2.05, 4.69) is 5.32 Å². The number of aliphatic carboxylic acids is 1. The standard InChI is InChI=1S/C15H24F3NO3/c1-9(2)7-12(14(21)22)19-13(20)8-10-3-5-11(6-4-10)15(16,17)18/h9-12H,3-8H2,1-2H3,(H,19,20)(H,21,22)/t10?,11?,12-/m0/s1. The lowest BCUT2D eigenvalue weighted by Crippen LogP contribution is -2.42. The Morgan fingerprint density at radius 2 is 1.73 bits per heavy atom. The lowest BCUT2D eigenvalue weighted by atomic mass is 9.80. The number of hydrogen-bond donors (Lipinski definition) is 2. The number of carbonyl (C=O) groups is 2. The molecule has 0 aromatic carbocycles. The zero-order valence-electron chi connectivity index (χ0n) is 12.9. The molecule has 0 aromatic rings. The second kappa shape index (κ2) is 7.83. The highest BCUT2D eigenvalue weighted by molar-refractivity contribution is 5.83. The van der Waals surface area contributed by atoms with Crippen LogP contribution in [0.5, 0.6) is 0 Å². The summed E-state index contributed by atoms with van der Waals surface area (Å²) in [5, 5.41) is 11.5. The highest BCUT2D eigenvalue weighted by Gasteiger charge is 2.41. The van der Waals surface area contributed by atoms with E-state index in [9.17, 15) is 22.8 Å². The van der Waals surface area contributed by atoms with Crippen LogP contribution < -0.4 is 5.32 Å². The van der Waals surface area contributed by atoms with Crippen molar-refractivity contribution >= 4 is 11.9 Å². The lowest BCUT2D eigenvalue weighted by Gasteiger charge is -2.29. The zero-order chi connectivity index (χ0) is 16.9. The molecule has 128 valence electrons. The van der Waals surface area contributed by atoms with Gasteiger partial charge >= 0.3 is 12.1 Å². The molecule has 0 spiro atoms. The number of nitrogens with one attached hydrogen (secondary N) is 1. The van der Waals surface area contributed by atoms with Crippen molar-refractivity contribution < 1.29 is 27.9 Å². The van der Waals surface area contributed by atoms with Crippen LogP contribution in [-0.4, -0.2) is 29.2 Å². The average molecular weight is 323 g/mol. The van der Waals surface area contributed by atoms with Gasteiger partial charge in [0.25, 0.3) is 0 Å². The molecular weight excluding hydrogens is 299 g/mol. The summed E-state index contributed by atoms with van der Waals surface area (Å²) >= 11 is 0. The molecule has 1 atom stereocenters. The van der Waals surface area contributed by atoms with Crippen LogP contribution in [0.1, 0.15) is 52.4 Å². The van der Waals surface area contributed by atoms with E-state index in [0.717, 1.165) is 0 Å². The van der Waals surface area contributed by atoms with Gasteiger partial charge < -0.3 is 10.4 Å². The molecule has 0 radical (unpaired) electrons. The molecule has 1 rings (SSSR count). The molecule has 1 aliphatic carbocycles. The van der Waals surface area contributed by atoms with E-state index in [-0.39, 0.29) is 37.0 Å². The molecule has 4 nitrogen and oxygen atoms in total. The van der Waals surface area contributed by atoms with Crippen molar-refractivity contribution in [1.29, 1.82) is 0 Å². The predicted octanol–water partition coefficient (Wildman–Crippen LogP) is 3.36. The van der Waals surface area contributed by atoms with Gasteiger partial charge in [0.2, 0.25) is 5.91 Å². The smallest absolute Gasteiger partial charge is 0.391 e. The Morgan fingerprint density at radius 3 is 2.14 bits per heavy atom. The number of carboxylic acids is 1. The third kappa shape index (κ3) is 6.23. The molecule has 0 bridgehead atoms. The molecule has 7 heteroatoms. The molecule has 1 fully saturated rings. The van der Waals surface area contributed by atoms with Crippen LogP contribution in [0, 0.1) is 17.8 Å². The molecule has 0 heterocycles. The number of alkyl halides is 3. The second-order valence-corrected chi connectivity index (χ2v) is 6.55. The van der Waals surface area contributed by atoms with Crippen molar-refractivity contribution in [2.45, 2.75) is 64.6 Å². The van der Waals surface area contributed by atoms with E-state index in [4.69, 9.17) is 5.11 Å². The Balaban J connectivity index is 2.41. The van der Waals surface area contributed by atoms with Gasteiger partial charge in [-0.3, -0.25) is 4.79 Å². The predicted molar refractivity (Wildman–Crippen MR) is 75.1 cm³/mol. The minimum Gasteiger partial charge on any atom is -0.480 e. The number of carboxylic acid groups (broad SMARTS) is 1. The third-order valence-electron chi connectivity index (χ3n) is 4.12. The van der Waals surface area contributed by atoms with Crippen LogP contribution in [0.25, 0.3) is 0 Å². The number of rotatable bonds is 6. The quantitative estimate of drug-likeness (QED) is 0.787. The van der Waals surface area contributed by atoms with Crippen LogP contribution >= 0.6 is 0 Å². The molecule has 1 aliphatic rings. The number of hydrogen-bond acceptors (Lipinski definition) is 2. The summed E-state index contributed by atoms with van der Waals surface area (Å²) in [4.78, 5) is 23.0. The van der Waals surface area contributed by atoms with Crippen LogP contribution in [0.15, 0.2) is 0 Å². The summed E-state index contributed by atoms with van der Waals surface area (Å²) < 4.78 is 37.7. The Morgan fingerprint density at radius 1 is 1.18 bits per heavy atom. The van der Waals surface area contributed by atoms with Crippen molar-refractivity contribution in [3.05, 3.63) is 0 Å². The topological polar surface area (TPSA) is 66.4 Å². The molecule has 0 unspecified atom stereocenters. The Kier molecular flexibility index (Phi) is 6.68. The molecule has 1 amide bonds. The SMILES string of the molecule is CC(C)C[C@H](NC(=O)CC1CCC(C(F)(F)F)CC1)C(=O)O. The van der Waals surface area contributed by atoms with Crippen molar-refractivity contribution in [2.75, 3.05) is 0 Å². The van der Waals surface area contributed by atoms with Gasteiger partial charge in [-0.2, -0.15) is 13.2 Å². The maximum absolute atomic E-state index is 12.6. The number of amides is 1. The highest BCUT2D eigenvalue weighted by atomic mass is 19.4. The third-order valence-corrected chi connectivity index (χ3v) is 4.12. The highest BCUT2D eigenvalue weighted by Crippen LogP contribution is 2.40.